The third-order valence-corrected chi connectivity index (χ3v) is 5.66. The molecule has 2 heterocycles. The zero-order valence-electron chi connectivity index (χ0n) is 14.5. The highest BCUT2D eigenvalue weighted by atomic mass is 32.1. The molecule has 1 atom stereocenters. The fraction of sp³-hybridized carbons (Fsp3) is 0.500. The highest BCUT2D eigenvalue weighted by Gasteiger charge is 2.25. The number of carbonyl (C=O) groups excluding carboxylic acids is 1. The van der Waals surface area contributed by atoms with Crippen molar-refractivity contribution in [2.24, 2.45) is 5.92 Å². The van der Waals surface area contributed by atoms with Crippen molar-refractivity contribution in [3.8, 4) is 6.07 Å². The predicted octanol–water partition coefficient (Wildman–Crippen LogP) is 4.08. The largest absolute Gasteiger partial charge is 0.311 e. The van der Waals surface area contributed by atoms with Crippen LogP contribution in [0.3, 0.4) is 0 Å². The van der Waals surface area contributed by atoms with Crippen molar-refractivity contribution in [3.05, 3.63) is 33.5 Å². The maximum atomic E-state index is 12.6. The maximum Gasteiger partial charge on any atom is 0.276 e. The third kappa shape index (κ3) is 2.96. The second kappa shape index (κ2) is 6.40. The van der Waals surface area contributed by atoms with E-state index in [0.717, 1.165) is 30.5 Å². The summed E-state index contributed by atoms with van der Waals surface area (Å²) in [4.78, 5) is 13.8. The van der Waals surface area contributed by atoms with Crippen molar-refractivity contribution < 1.29 is 4.79 Å². The number of anilines is 1. The van der Waals surface area contributed by atoms with Crippen LogP contribution in [0.25, 0.3) is 0 Å². The van der Waals surface area contributed by atoms with Crippen LogP contribution < -0.4 is 5.32 Å². The second-order valence-electron chi connectivity index (χ2n) is 6.83. The molecule has 2 aromatic heterocycles. The molecule has 3 rings (SSSR count). The van der Waals surface area contributed by atoms with E-state index in [1.165, 1.54) is 4.88 Å². The highest BCUT2D eigenvalue weighted by Crippen LogP contribution is 2.39. The highest BCUT2D eigenvalue weighted by molar-refractivity contribution is 7.16. The van der Waals surface area contributed by atoms with Crippen molar-refractivity contribution in [2.75, 3.05) is 5.32 Å². The summed E-state index contributed by atoms with van der Waals surface area (Å²) in [6.45, 7) is 8.23. The van der Waals surface area contributed by atoms with Gasteiger partial charge < -0.3 is 5.32 Å². The third-order valence-electron chi connectivity index (χ3n) is 4.49. The number of carbonyl (C=O) groups is 1. The van der Waals surface area contributed by atoms with Crippen LogP contribution in [0.1, 0.15) is 65.4 Å². The number of thiophene rings is 1. The average molecular weight is 342 g/mol. The van der Waals surface area contributed by atoms with Crippen molar-refractivity contribution in [1.82, 2.24) is 9.78 Å². The van der Waals surface area contributed by atoms with E-state index in [9.17, 15) is 10.1 Å². The van der Waals surface area contributed by atoms with Crippen LogP contribution >= 0.6 is 11.3 Å². The summed E-state index contributed by atoms with van der Waals surface area (Å²) in [5.41, 5.74) is 3.11. The predicted molar refractivity (Wildman–Crippen MR) is 95.5 cm³/mol. The van der Waals surface area contributed by atoms with Gasteiger partial charge in [-0.25, -0.2) is 0 Å². The molecule has 0 fully saturated rings. The summed E-state index contributed by atoms with van der Waals surface area (Å²) >= 11 is 1.54. The lowest BCUT2D eigenvalue weighted by molar-refractivity contribution is 0.102. The van der Waals surface area contributed by atoms with Gasteiger partial charge in [0.2, 0.25) is 0 Å². The quantitative estimate of drug-likeness (QED) is 0.913. The van der Waals surface area contributed by atoms with Gasteiger partial charge in [0.25, 0.3) is 5.91 Å². The van der Waals surface area contributed by atoms with Crippen LogP contribution in [0.15, 0.2) is 6.07 Å². The molecule has 1 N–H and O–H groups in total. The Morgan fingerprint density at radius 3 is 2.92 bits per heavy atom. The monoisotopic (exact) mass is 342 g/mol. The van der Waals surface area contributed by atoms with Gasteiger partial charge in [-0.15, -0.1) is 11.3 Å². The molecule has 2 aromatic rings. The minimum Gasteiger partial charge on any atom is -0.311 e. The fourth-order valence-corrected chi connectivity index (χ4v) is 4.60. The lowest BCUT2D eigenvalue weighted by Crippen LogP contribution is -2.14. The van der Waals surface area contributed by atoms with E-state index in [1.54, 1.807) is 17.4 Å². The Kier molecular flexibility index (Phi) is 4.46. The van der Waals surface area contributed by atoms with E-state index in [4.69, 9.17) is 0 Å². The van der Waals surface area contributed by atoms with Gasteiger partial charge in [0, 0.05) is 16.6 Å². The Bertz CT molecular complexity index is 825. The molecule has 0 aliphatic heterocycles. The van der Waals surface area contributed by atoms with E-state index in [-0.39, 0.29) is 11.9 Å². The van der Waals surface area contributed by atoms with Crippen LogP contribution in [-0.4, -0.2) is 15.7 Å². The van der Waals surface area contributed by atoms with Gasteiger partial charge >= 0.3 is 0 Å². The van der Waals surface area contributed by atoms with Gasteiger partial charge in [0.1, 0.15) is 11.1 Å². The normalized spacial score (nSPS) is 16.8. The van der Waals surface area contributed by atoms with Crippen LogP contribution in [0.5, 0.6) is 0 Å². The summed E-state index contributed by atoms with van der Waals surface area (Å²) in [6.07, 6.45) is 3.02. The molecule has 0 radical (unpaired) electrons. The number of fused-ring (bicyclic) bond motifs is 1. The number of nitrogens with one attached hydrogen (secondary N) is 1. The first-order valence-electron chi connectivity index (χ1n) is 8.32. The van der Waals surface area contributed by atoms with Crippen LogP contribution in [0.2, 0.25) is 0 Å². The molecule has 0 spiro atoms. The number of rotatable bonds is 3. The second-order valence-corrected chi connectivity index (χ2v) is 7.94. The van der Waals surface area contributed by atoms with Crippen molar-refractivity contribution in [1.29, 1.82) is 5.26 Å². The van der Waals surface area contributed by atoms with Gasteiger partial charge in [-0.05, 0) is 57.6 Å². The number of hydrogen-bond acceptors (Lipinski definition) is 4. The minimum atomic E-state index is -0.249. The molecule has 0 saturated heterocycles. The van der Waals surface area contributed by atoms with Gasteiger partial charge in [0.05, 0.1) is 5.56 Å². The van der Waals surface area contributed by atoms with E-state index in [0.29, 0.717) is 22.2 Å². The van der Waals surface area contributed by atoms with Crippen LogP contribution in [0, 0.1) is 24.2 Å². The molecule has 24 heavy (non-hydrogen) atoms. The Morgan fingerprint density at radius 1 is 1.54 bits per heavy atom. The van der Waals surface area contributed by atoms with Crippen molar-refractivity contribution >= 4 is 22.2 Å². The molecule has 1 aliphatic carbocycles. The summed E-state index contributed by atoms with van der Waals surface area (Å²) in [5, 5.41) is 17.5. The average Bonchev–Trinajstić information content (AvgIpc) is 3.06. The van der Waals surface area contributed by atoms with Gasteiger partial charge in [-0.3, -0.25) is 9.48 Å². The fourth-order valence-electron chi connectivity index (χ4n) is 3.25. The smallest absolute Gasteiger partial charge is 0.276 e. The maximum absolute atomic E-state index is 12.6. The summed E-state index contributed by atoms with van der Waals surface area (Å²) in [7, 11) is 0. The number of hydrogen-bond donors (Lipinski definition) is 1. The van der Waals surface area contributed by atoms with E-state index < -0.39 is 0 Å². The summed E-state index contributed by atoms with van der Waals surface area (Å²) < 4.78 is 1.83. The number of nitrogens with zero attached hydrogens (tertiary/aromatic N) is 3. The molecule has 5 nitrogen and oxygen atoms in total. The SMILES string of the molecule is Cc1cc(C(=O)Nc2sc3c(c2C#N)CCC(C)C3)nn1C(C)C. The molecule has 0 aromatic carbocycles. The molecule has 1 aliphatic rings. The van der Waals surface area contributed by atoms with E-state index in [1.807, 2.05) is 25.5 Å². The number of amides is 1. The molecule has 0 saturated carbocycles. The number of aryl methyl sites for hydroxylation is 1. The molecule has 0 bridgehead atoms. The summed E-state index contributed by atoms with van der Waals surface area (Å²) in [5.74, 6) is 0.385. The van der Waals surface area contributed by atoms with Crippen molar-refractivity contribution in [2.45, 2.75) is 53.0 Å². The molecule has 6 heteroatoms. The molecule has 1 unspecified atom stereocenters. The van der Waals surface area contributed by atoms with Crippen LogP contribution in [0.4, 0.5) is 5.00 Å². The molecular formula is C18H22N4OS. The zero-order valence-corrected chi connectivity index (χ0v) is 15.3. The van der Waals surface area contributed by atoms with Crippen LogP contribution in [-0.2, 0) is 12.8 Å². The molecular weight excluding hydrogens is 320 g/mol. The number of aromatic nitrogens is 2. The lowest BCUT2D eigenvalue weighted by Gasteiger charge is -2.17. The van der Waals surface area contributed by atoms with Crippen molar-refractivity contribution in [3.63, 3.8) is 0 Å². The first-order chi connectivity index (χ1) is 11.4. The Balaban J connectivity index is 1.87. The Morgan fingerprint density at radius 2 is 2.29 bits per heavy atom. The first kappa shape index (κ1) is 16.7. The number of nitriles is 1. The Hall–Kier alpha value is -2.13. The van der Waals surface area contributed by atoms with Gasteiger partial charge in [-0.2, -0.15) is 10.4 Å². The summed E-state index contributed by atoms with van der Waals surface area (Å²) in [6, 6.07) is 4.27. The first-order valence-corrected chi connectivity index (χ1v) is 9.14. The topological polar surface area (TPSA) is 70.7 Å². The van der Waals surface area contributed by atoms with Gasteiger partial charge in [0.15, 0.2) is 5.69 Å². The lowest BCUT2D eigenvalue weighted by atomic mass is 9.89. The van der Waals surface area contributed by atoms with E-state index in [2.05, 4.69) is 23.4 Å². The molecule has 1 amide bonds. The zero-order chi connectivity index (χ0) is 17.4. The standard InChI is InChI=1S/C18H22N4OS/c1-10(2)22-12(4)8-15(21-22)17(23)20-18-14(9-19)13-6-5-11(3)7-16(13)24-18/h8,10-11H,5-7H2,1-4H3,(H,20,23). The van der Waals surface area contributed by atoms with E-state index >= 15 is 0 Å². The minimum absolute atomic E-state index is 0.205. The Labute approximate surface area is 146 Å². The van der Waals surface area contributed by atoms with Gasteiger partial charge in [-0.1, -0.05) is 6.92 Å². The molecule has 126 valence electrons.